The summed E-state index contributed by atoms with van der Waals surface area (Å²) in [6.07, 6.45) is 5.29. The van der Waals surface area contributed by atoms with E-state index in [9.17, 15) is 4.79 Å². The molecule has 2 nitrogen and oxygen atoms in total. The minimum atomic E-state index is -0.625. The largest absolute Gasteiger partial charge is 0.336 e. The van der Waals surface area contributed by atoms with Crippen LogP contribution in [0.5, 0.6) is 0 Å². The molecular weight excluding hydrogens is 342 g/mol. The van der Waals surface area contributed by atoms with Gasteiger partial charge in [0.1, 0.15) is 0 Å². The van der Waals surface area contributed by atoms with Crippen LogP contribution < -0.4 is 5.32 Å². The standard InChI is InChI=1S/C10H9Br2NOS/c1-4-10(2,3)13-9(14)7-5-6(11)8(12)15-7/h1,5H,2-3H3,(H,13,14). The molecule has 5 heteroatoms. The van der Waals surface area contributed by atoms with E-state index >= 15 is 0 Å². The lowest BCUT2D eigenvalue weighted by Crippen LogP contribution is -2.41. The zero-order chi connectivity index (χ0) is 11.6. The van der Waals surface area contributed by atoms with Gasteiger partial charge in [-0.15, -0.1) is 17.8 Å². The Labute approximate surface area is 110 Å². The second-order valence-corrected chi connectivity index (χ2v) is 6.68. The Morgan fingerprint density at radius 2 is 2.20 bits per heavy atom. The average Bonchev–Trinajstić information content (AvgIpc) is 2.47. The van der Waals surface area contributed by atoms with Gasteiger partial charge in [-0.2, -0.15) is 0 Å². The van der Waals surface area contributed by atoms with E-state index in [0.29, 0.717) is 4.88 Å². The highest BCUT2D eigenvalue weighted by Crippen LogP contribution is 2.32. The molecule has 1 aromatic heterocycles. The van der Waals surface area contributed by atoms with Gasteiger partial charge in [0.05, 0.1) is 14.2 Å². The second kappa shape index (κ2) is 4.69. The van der Waals surface area contributed by atoms with Crippen LogP contribution in [0.25, 0.3) is 0 Å². The van der Waals surface area contributed by atoms with Gasteiger partial charge in [-0.05, 0) is 51.8 Å². The van der Waals surface area contributed by atoms with E-state index in [1.54, 1.807) is 19.9 Å². The van der Waals surface area contributed by atoms with Crippen LogP contribution in [0.3, 0.4) is 0 Å². The first kappa shape index (κ1) is 12.8. The highest BCUT2D eigenvalue weighted by atomic mass is 79.9. The fourth-order valence-corrected chi connectivity index (χ4v) is 2.77. The molecule has 80 valence electrons. The van der Waals surface area contributed by atoms with E-state index in [2.05, 4.69) is 43.1 Å². The first-order valence-electron chi connectivity index (χ1n) is 4.11. The number of hydrogen-bond acceptors (Lipinski definition) is 2. The summed E-state index contributed by atoms with van der Waals surface area (Å²) in [5.41, 5.74) is -0.625. The Bertz CT molecular complexity index is 412. The summed E-state index contributed by atoms with van der Waals surface area (Å²) in [5.74, 6) is 2.35. The molecule has 1 rings (SSSR count). The third-order valence-corrected chi connectivity index (χ3v) is 4.91. The molecule has 1 amide bonds. The quantitative estimate of drug-likeness (QED) is 0.813. The van der Waals surface area contributed by atoms with Crippen LogP contribution >= 0.6 is 43.2 Å². The maximum Gasteiger partial charge on any atom is 0.262 e. The maximum atomic E-state index is 11.7. The lowest BCUT2D eigenvalue weighted by Gasteiger charge is -2.18. The molecule has 0 aliphatic carbocycles. The van der Waals surface area contributed by atoms with Gasteiger partial charge in [-0.1, -0.05) is 5.92 Å². The van der Waals surface area contributed by atoms with Gasteiger partial charge in [0.2, 0.25) is 0 Å². The molecule has 0 saturated carbocycles. The SMILES string of the molecule is C#CC(C)(C)NC(=O)c1cc(Br)c(Br)s1. The van der Waals surface area contributed by atoms with Gasteiger partial charge in [-0.3, -0.25) is 4.79 Å². The number of carbonyl (C=O) groups is 1. The van der Waals surface area contributed by atoms with Crippen LogP contribution in [-0.4, -0.2) is 11.4 Å². The van der Waals surface area contributed by atoms with Gasteiger partial charge in [0.15, 0.2) is 0 Å². The van der Waals surface area contributed by atoms with E-state index in [0.717, 1.165) is 8.26 Å². The average molecular weight is 351 g/mol. The number of rotatable bonds is 2. The lowest BCUT2D eigenvalue weighted by molar-refractivity contribution is 0.0934. The topological polar surface area (TPSA) is 29.1 Å². The van der Waals surface area contributed by atoms with Crippen LogP contribution in [0, 0.1) is 12.3 Å². The molecule has 0 saturated heterocycles. The minimum absolute atomic E-state index is 0.158. The summed E-state index contributed by atoms with van der Waals surface area (Å²) >= 11 is 8.02. The van der Waals surface area contributed by atoms with Crippen molar-refractivity contribution in [1.29, 1.82) is 0 Å². The molecule has 1 N–H and O–H groups in total. The van der Waals surface area contributed by atoms with Gasteiger partial charge < -0.3 is 5.32 Å². The molecule has 1 heterocycles. The molecule has 0 radical (unpaired) electrons. The van der Waals surface area contributed by atoms with Crippen LogP contribution in [0.2, 0.25) is 0 Å². The molecule has 0 fully saturated rings. The second-order valence-electron chi connectivity index (χ2n) is 3.46. The predicted octanol–water partition coefficient (Wildman–Crippen LogP) is 3.41. The van der Waals surface area contributed by atoms with E-state index in [4.69, 9.17) is 6.42 Å². The minimum Gasteiger partial charge on any atom is -0.336 e. The monoisotopic (exact) mass is 349 g/mol. The zero-order valence-corrected chi connectivity index (χ0v) is 12.2. The van der Waals surface area contributed by atoms with Crippen LogP contribution in [0.1, 0.15) is 23.5 Å². The van der Waals surface area contributed by atoms with Crippen molar-refractivity contribution in [3.05, 3.63) is 19.2 Å². The summed E-state index contributed by atoms with van der Waals surface area (Å²) in [5, 5.41) is 2.76. The Balaban J connectivity index is 2.84. The number of hydrogen-bond donors (Lipinski definition) is 1. The first-order chi connectivity index (χ1) is 6.85. The van der Waals surface area contributed by atoms with Crippen molar-refractivity contribution < 1.29 is 4.79 Å². The Morgan fingerprint density at radius 3 is 2.60 bits per heavy atom. The number of carbonyl (C=O) groups excluding carboxylic acids is 1. The van der Waals surface area contributed by atoms with Gasteiger partial charge in [0.25, 0.3) is 5.91 Å². The lowest BCUT2D eigenvalue weighted by atomic mass is 10.1. The molecule has 0 aliphatic rings. The molecule has 0 atom stereocenters. The van der Waals surface area contributed by atoms with Gasteiger partial charge in [0, 0.05) is 4.47 Å². The van der Waals surface area contributed by atoms with Crippen LogP contribution in [0.15, 0.2) is 14.3 Å². The summed E-state index contributed by atoms with van der Waals surface area (Å²) in [6, 6.07) is 1.76. The van der Waals surface area contributed by atoms with Gasteiger partial charge in [-0.25, -0.2) is 0 Å². The molecule has 0 aromatic carbocycles. The summed E-state index contributed by atoms with van der Waals surface area (Å²) < 4.78 is 1.77. The third kappa shape index (κ3) is 3.33. The van der Waals surface area contributed by atoms with Crippen molar-refractivity contribution in [1.82, 2.24) is 5.32 Å². The third-order valence-electron chi connectivity index (χ3n) is 1.66. The molecule has 0 spiro atoms. The summed E-state index contributed by atoms with van der Waals surface area (Å²) in [4.78, 5) is 12.4. The molecule has 1 aromatic rings. The fraction of sp³-hybridized carbons (Fsp3) is 0.300. The molecular formula is C10H9Br2NOS. The molecule has 0 aliphatic heterocycles. The predicted molar refractivity (Wildman–Crippen MR) is 70.1 cm³/mol. The number of amides is 1. The Morgan fingerprint density at radius 1 is 1.60 bits per heavy atom. The number of terminal acetylenes is 1. The van der Waals surface area contributed by atoms with Crippen LogP contribution in [0.4, 0.5) is 0 Å². The summed E-state index contributed by atoms with van der Waals surface area (Å²) in [6.45, 7) is 3.56. The smallest absolute Gasteiger partial charge is 0.262 e. The highest BCUT2D eigenvalue weighted by Gasteiger charge is 2.20. The summed E-state index contributed by atoms with van der Waals surface area (Å²) in [7, 11) is 0. The van der Waals surface area contributed by atoms with Crippen LogP contribution in [-0.2, 0) is 0 Å². The number of halogens is 2. The van der Waals surface area contributed by atoms with E-state index < -0.39 is 5.54 Å². The zero-order valence-electron chi connectivity index (χ0n) is 8.23. The van der Waals surface area contributed by atoms with Crippen molar-refractivity contribution >= 4 is 49.1 Å². The number of nitrogens with one attached hydrogen (secondary N) is 1. The maximum absolute atomic E-state index is 11.7. The number of thiophene rings is 1. The molecule has 0 bridgehead atoms. The van der Waals surface area contributed by atoms with E-state index in [-0.39, 0.29) is 5.91 Å². The molecule has 15 heavy (non-hydrogen) atoms. The fourth-order valence-electron chi connectivity index (χ4n) is 0.840. The first-order valence-corrected chi connectivity index (χ1v) is 6.51. The van der Waals surface area contributed by atoms with Crippen molar-refractivity contribution in [2.24, 2.45) is 0 Å². The van der Waals surface area contributed by atoms with Gasteiger partial charge >= 0.3 is 0 Å². The molecule has 0 unspecified atom stereocenters. The van der Waals surface area contributed by atoms with Crippen molar-refractivity contribution in [3.63, 3.8) is 0 Å². The van der Waals surface area contributed by atoms with Crippen molar-refractivity contribution in [3.8, 4) is 12.3 Å². The highest BCUT2D eigenvalue weighted by molar-refractivity contribution is 9.13. The Hall–Kier alpha value is -0.310. The van der Waals surface area contributed by atoms with E-state index in [1.165, 1.54) is 11.3 Å². The van der Waals surface area contributed by atoms with Crippen molar-refractivity contribution in [2.75, 3.05) is 0 Å². The van der Waals surface area contributed by atoms with Crippen molar-refractivity contribution in [2.45, 2.75) is 19.4 Å². The Kier molecular flexibility index (Phi) is 3.99. The van der Waals surface area contributed by atoms with E-state index in [1.807, 2.05) is 0 Å². The normalized spacial score (nSPS) is 10.9.